The summed E-state index contributed by atoms with van der Waals surface area (Å²) in [5.74, 6) is 0. The van der Waals surface area contributed by atoms with Crippen LogP contribution < -0.4 is 15.5 Å². The van der Waals surface area contributed by atoms with Gasteiger partial charge < -0.3 is 13.9 Å². The quantitative estimate of drug-likeness (QED) is 0.162. The maximum absolute atomic E-state index is 6.47. The Morgan fingerprint density at radius 3 is 2.11 bits per heavy atom. The summed E-state index contributed by atoms with van der Waals surface area (Å²) in [6.45, 7) is 0. The molecule has 2 aromatic heterocycles. The van der Waals surface area contributed by atoms with Gasteiger partial charge in [-0.05, 0) is 152 Å². The van der Waals surface area contributed by atoms with Gasteiger partial charge in [-0.1, -0.05) is 103 Å². The Bertz CT molecular complexity index is 2980. The molecule has 0 saturated carbocycles. The van der Waals surface area contributed by atoms with Gasteiger partial charge in [-0.3, -0.25) is 0 Å². The predicted octanol–water partition coefficient (Wildman–Crippen LogP) is 12.8. The molecule has 0 N–H and O–H groups in total. The molecule has 0 fully saturated rings. The molecule has 0 aliphatic heterocycles. The highest BCUT2D eigenvalue weighted by Gasteiger charge is 2.25. The molecule has 0 atom stereocenters. The first kappa shape index (κ1) is 33.7. The van der Waals surface area contributed by atoms with E-state index in [1.165, 1.54) is 88.9 Å². The van der Waals surface area contributed by atoms with Gasteiger partial charge in [-0.25, -0.2) is 0 Å². The molecule has 0 saturated heterocycles. The summed E-state index contributed by atoms with van der Waals surface area (Å²) >= 11 is 0. The number of fused-ring (bicyclic) bond motifs is 6. The van der Waals surface area contributed by atoms with Crippen molar-refractivity contribution < 1.29 is 4.42 Å². The smallest absolute Gasteiger partial charge is 0.138 e. The van der Waals surface area contributed by atoms with Gasteiger partial charge in [0.15, 0.2) is 0 Å². The molecule has 0 amide bonds. The second kappa shape index (κ2) is 14.2. The number of rotatable bonds is 7. The lowest BCUT2D eigenvalue weighted by Gasteiger charge is -2.29. The van der Waals surface area contributed by atoms with Gasteiger partial charge >= 0.3 is 0 Å². The average molecular weight is 737 g/mol. The first-order valence-corrected chi connectivity index (χ1v) is 20.6. The van der Waals surface area contributed by atoms with E-state index in [-0.39, 0.29) is 0 Å². The molecule has 3 nitrogen and oxygen atoms in total. The molecule has 5 aromatic carbocycles. The molecule has 4 aliphatic carbocycles. The lowest BCUT2D eigenvalue weighted by molar-refractivity contribution is 0.567. The van der Waals surface area contributed by atoms with Crippen molar-refractivity contribution in [3.05, 3.63) is 202 Å². The van der Waals surface area contributed by atoms with Crippen molar-refractivity contribution in [2.75, 3.05) is 4.90 Å². The summed E-state index contributed by atoms with van der Waals surface area (Å²) < 4.78 is 8.97. The maximum atomic E-state index is 6.47. The van der Waals surface area contributed by atoms with E-state index in [1.807, 2.05) is 0 Å². The van der Waals surface area contributed by atoms with Gasteiger partial charge in [-0.2, -0.15) is 0 Å². The Balaban J connectivity index is 0.971. The zero-order valence-corrected chi connectivity index (χ0v) is 32.1. The highest BCUT2D eigenvalue weighted by Crippen LogP contribution is 2.42. The molecule has 2 heterocycles. The van der Waals surface area contributed by atoms with Crippen molar-refractivity contribution in [2.24, 2.45) is 0 Å². The third-order valence-corrected chi connectivity index (χ3v) is 12.4. The van der Waals surface area contributed by atoms with Crippen LogP contribution in [0.3, 0.4) is 0 Å². The van der Waals surface area contributed by atoms with Crippen LogP contribution in [0.2, 0.25) is 0 Å². The van der Waals surface area contributed by atoms with Crippen molar-refractivity contribution in [3.63, 3.8) is 0 Å². The van der Waals surface area contributed by atoms with Crippen LogP contribution in [-0.2, 0) is 6.42 Å². The first-order valence-electron chi connectivity index (χ1n) is 20.6. The summed E-state index contributed by atoms with van der Waals surface area (Å²) in [5, 5.41) is 3.83. The molecule has 7 aromatic rings. The number of hydrogen-bond donors (Lipinski definition) is 0. The van der Waals surface area contributed by atoms with E-state index in [2.05, 4.69) is 179 Å². The largest absolute Gasteiger partial charge is 0.456 e. The standard InChI is InChI=1S/C54H44N2O/c1-4-13-42(14-5-1)55(43-15-6-2-7-16-43)45-31-27-38(28-32-45)41-30-34-52-50(36-41)49-35-40(29-33-51(49)56(52)44-17-8-3-9-18-44)37-23-25-39(26-24-37)46-20-12-21-48-47-19-10-11-22-53(47)57-54(46)48/h1-6,8-11,13-15,17-19,21-23,25,27-28,30-32,34-36H,7,12,16,20,24,26,29,33H2. The number of para-hydroxylation sites is 3. The zero-order valence-electron chi connectivity index (χ0n) is 32.1. The number of aromatic nitrogens is 1. The number of nitrogens with zero attached hydrogens (tertiary/aromatic N) is 2. The molecule has 4 aliphatic rings. The molecule has 0 bridgehead atoms. The second-order valence-corrected chi connectivity index (χ2v) is 15.7. The topological polar surface area (TPSA) is 21.3 Å². The van der Waals surface area contributed by atoms with Gasteiger partial charge in [0.1, 0.15) is 11.0 Å². The number of furan rings is 1. The van der Waals surface area contributed by atoms with Crippen LogP contribution in [0.5, 0.6) is 0 Å². The fourth-order valence-electron chi connectivity index (χ4n) is 9.65. The van der Waals surface area contributed by atoms with Crippen molar-refractivity contribution in [1.29, 1.82) is 0 Å². The molecular formula is C54H44N2O. The lowest BCUT2D eigenvalue weighted by atomic mass is 9.83. The van der Waals surface area contributed by atoms with Gasteiger partial charge in [0.2, 0.25) is 0 Å². The van der Waals surface area contributed by atoms with Crippen LogP contribution in [0, 0.1) is 0 Å². The number of benzene rings is 5. The van der Waals surface area contributed by atoms with Crippen LogP contribution in [0.4, 0.5) is 11.4 Å². The summed E-state index contributed by atoms with van der Waals surface area (Å²) in [6, 6.07) is 46.3. The van der Waals surface area contributed by atoms with Crippen molar-refractivity contribution in [3.8, 4) is 16.8 Å². The van der Waals surface area contributed by atoms with Crippen molar-refractivity contribution in [1.82, 2.24) is 4.57 Å². The first-order chi connectivity index (χ1) is 28.3. The molecule has 57 heavy (non-hydrogen) atoms. The zero-order chi connectivity index (χ0) is 37.7. The number of allylic oxidation sites excluding steroid dienone is 9. The molecule has 276 valence electrons. The Morgan fingerprint density at radius 2 is 1.30 bits per heavy atom. The number of hydrogen-bond acceptors (Lipinski definition) is 2. The summed E-state index contributed by atoms with van der Waals surface area (Å²) in [4.78, 5) is 2.40. The van der Waals surface area contributed by atoms with E-state index < -0.39 is 0 Å². The van der Waals surface area contributed by atoms with E-state index in [0.717, 1.165) is 62.4 Å². The van der Waals surface area contributed by atoms with Gasteiger partial charge in [0.25, 0.3) is 0 Å². The highest BCUT2D eigenvalue weighted by atomic mass is 16.3. The predicted molar refractivity (Wildman–Crippen MR) is 238 cm³/mol. The molecule has 0 spiro atoms. The highest BCUT2D eigenvalue weighted by molar-refractivity contribution is 5.97. The normalized spacial score (nSPS) is 16.3. The summed E-state index contributed by atoms with van der Waals surface area (Å²) in [7, 11) is 0. The minimum atomic E-state index is 0.990. The van der Waals surface area contributed by atoms with E-state index in [9.17, 15) is 0 Å². The van der Waals surface area contributed by atoms with Gasteiger partial charge in [-0.15, -0.1) is 0 Å². The van der Waals surface area contributed by atoms with Crippen molar-refractivity contribution >= 4 is 51.0 Å². The van der Waals surface area contributed by atoms with Gasteiger partial charge in [0.05, 0.1) is 5.52 Å². The van der Waals surface area contributed by atoms with Crippen LogP contribution >= 0.6 is 0 Å². The van der Waals surface area contributed by atoms with Crippen LogP contribution in [0.25, 0.3) is 56.4 Å². The third-order valence-electron chi connectivity index (χ3n) is 12.4. The van der Waals surface area contributed by atoms with E-state index in [0.29, 0.717) is 0 Å². The Kier molecular flexibility index (Phi) is 8.39. The fourth-order valence-corrected chi connectivity index (χ4v) is 9.65. The monoisotopic (exact) mass is 736 g/mol. The third kappa shape index (κ3) is 5.97. The molecular weight excluding hydrogens is 693 g/mol. The average Bonchev–Trinajstić information content (AvgIpc) is 3.83. The Labute approximate surface area is 333 Å². The minimum Gasteiger partial charge on any atom is -0.456 e. The lowest BCUT2D eigenvalue weighted by Crippen LogP contribution is -2.27. The van der Waals surface area contributed by atoms with E-state index in [1.54, 1.807) is 0 Å². The molecule has 3 heteroatoms. The summed E-state index contributed by atoms with van der Waals surface area (Å²) in [6.07, 6.45) is 24.7. The van der Waals surface area contributed by atoms with Crippen molar-refractivity contribution in [2.45, 2.75) is 51.4 Å². The molecule has 0 unspecified atom stereocenters. The SMILES string of the molecule is C1=CCCC(N(c2ccccc2)c2ccc(-c3ccc4c(c3)c3c(n4-c4ccccc4)CCC(C4=CC=C(C5=c6oc7ccccc7c6=CCC5)CC4)=C3)cc2)=C1. The Morgan fingerprint density at radius 1 is 0.561 bits per heavy atom. The van der Waals surface area contributed by atoms with E-state index in [4.69, 9.17) is 4.42 Å². The van der Waals surface area contributed by atoms with Gasteiger partial charge in [0, 0.05) is 50.0 Å². The maximum Gasteiger partial charge on any atom is 0.138 e. The molecule has 0 radical (unpaired) electrons. The van der Waals surface area contributed by atoms with E-state index >= 15 is 0 Å². The fraction of sp³-hybridized carbons (Fsp3) is 0.148. The number of anilines is 2. The second-order valence-electron chi connectivity index (χ2n) is 15.7. The minimum absolute atomic E-state index is 0.990. The molecule has 11 rings (SSSR count). The van der Waals surface area contributed by atoms with Crippen LogP contribution in [0.1, 0.15) is 56.2 Å². The summed E-state index contributed by atoms with van der Waals surface area (Å²) in [5.41, 5.74) is 19.3. The van der Waals surface area contributed by atoms with Crippen LogP contribution in [0.15, 0.2) is 185 Å². The Hall–Kier alpha value is -6.58. The van der Waals surface area contributed by atoms with Crippen LogP contribution in [-0.4, -0.2) is 4.57 Å².